The molecule has 0 amide bonds. The number of aromatic nitrogens is 5. The minimum Gasteiger partial charge on any atom is -0.288 e. The van der Waals surface area contributed by atoms with Crippen molar-refractivity contribution in [3.63, 3.8) is 0 Å². The fourth-order valence-electron chi connectivity index (χ4n) is 5.06. The number of fused-ring (bicyclic) bond motifs is 6. The summed E-state index contributed by atoms with van der Waals surface area (Å²) in [5.74, 6) is 0. The second kappa shape index (κ2) is 6.49. The van der Waals surface area contributed by atoms with E-state index in [0.29, 0.717) is 12.1 Å². The average Bonchev–Trinajstić information content (AvgIpc) is 3.47. The first-order valence-electron chi connectivity index (χ1n) is 10.7. The molecule has 6 heterocycles. The van der Waals surface area contributed by atoms with Gasteiger partial charge >= 0.3 is 0 Å². The van der Waals surface area contributed by atoms with Gasteiger partial charge in [0.2, 0.25) is 0 Å². The quantitative estimate of drug-likeness (QED) is 0.522. The maximum atomic E-state index is 4.96. The first-order chi connectivity index (χ1) is 14.5. The molecule has 1 N–H and O–H groups in total. The van der Waals surface area contributed by atoms with Crippen molar-refractivity contribution < 1.29 is 0 Å². The summed E-state index contributed by atoms with van der Waals surface area (Å²) in [5.41, 5.74) is 7.25. The zero-order valence-electron chi connectivity index (χ0n) is 17.6. The van der Waals surface area contributed by atoms with E-state index >= 15 is 0 Å². The van der Waals surface area contributed by atoms with Crippen molar-refractivity contribution >= 4 is 17.0 Å². The molecule has 7 heteroatoms. The fourth-order valence-corrected chi connectivity index (χ4v) is 5.81. The Morgan fingerprint density at radius 3 is 2.93 bits per heavy atom. The van der Waals surface area contributed by atoms with E-state index in [4.69, 9.17) is 10.1 Å². The van der Waals surface area contributed by atoms with Crippen LogP contribution in [-0.2, 0) is 18.4 Å². The average molecular weight is 419 g/mol. The van der Waals surface area contributed by atoms with Crippen LogP contribution in [0.1, 0.15) is 62.2 Å². The van der Waals surface area contributed by atoms with Crippen LogP contribution >= 0.6 is 11.3 Å². The van der Waals surface area contributed by atoms with Crippen LogP contribution in [0.4, 0.5) is 0 Å². The van der Waals surface area contributed by atoms with Crippen molar-refractivity contribution in [1.82, 2.24) is 29.7 Å². The van der Waals surface area contributed by atoms with Gasteiger partial charge in [-0.25, -0.2) is 9.50 Å². The van der Waals surface area contributed by atoms with Gasteiger partial charge in [0.1, 0.15) is 0 Å². The Labute approximate surface area is 180 Å². The van der Waals surface area contributed by atoms with Crippen molar-refractivity contribution in [3.8, 4) is 10.6 Å². The third kappa shape index (κ3) is 2.76. The third-order valence-corrected chi connectivity index (χ3v) is 7.54. The Hall–Kier alpha value is -2.51. The standard InChI is InChI=1S/C23H26N6S/c1-23(2,3)20-10-21-24-12-16-17-7-6-15(9-18(16)29(21)27-20)28(17)13-14-11-25-26-22(14)19-5-4-8-30-19/h4-5,8,10-12,15,17H,6-7,9,13H2,1-3H3,(H,25,26)/t15-,17-/m0/s1. The van der Waals surface area contributed by atoms with Crippen LogP contribution in [-0.4, -0.2) is 35.7 Å². The molecule has 154 valence electrons. The third-order valence-electron chi connectivity index (χ3n) is 6.65. The van der Waals surface area contributed by atoms with Crippen LogP contribution in [0, 0.1) is 0 Å². The Balaban J connectivity index is 1.37. The largest absolute Gasteiger partial charge is 0.288 e. The number of hydrogen-bond donors (Lipinski definition) is 1. The number of aromatic amines is 1. The van der Waals surface area contributed by atoms with E-state index in [-0.39, 0.29) is 5.41 Å². The van der Waals surface area contributed by atoms with E-state index in [1.165, 1.54) is 34.5 Å². The molecule has 30 heavy (non-hydrogen) atoms. The highest BCUT2D eigenvalue weighted by Crippen LogP contribution is 2.45. The van der Waals surface area contributed by atoms with Gasteiger partial charge in [-0.05, 0) is 24.3 Å². The number of rotatable bonds is 3. The molecule has 1 fully saturated rings. The number of nitrogens with zero attached hydrogens (tertiary/aromatic N) is 5. The molecule has 0 aliphatic carbocycles. The molecule has 6 rings (SSSR count). The second-order valence-corrected chi connectivity index (χ2v) is 10.5. The van der Waals surface area contributed by atoms with Gasteiger partial charge in [0.15, 0.2) is 5.65 Å². The number of hydrogen-bond acceptors (Lipinski definition) is 5. The normalized spacial score (nSPS) is 21.4. The van der Waals surface area contributed by atoms with Gasteiger partial charge in [-0.1, -0.05) is 26.8 Å². The minimum atomic E-state index is 0.0275. The van der Waals surface area contributed by atoms with Gasteiger partial charge in [-0.15, -0.1) is 11.3 Å². The van der Waals surface area contributed by atoms with Gasteiger partial charge in [-0.2, -0.15) is 10.2 Å². The topological polar surface area (TPSA) is 62.1 Å². The van der Waals surface area contributed by atoms with E-state index in [9.17, 15) is 0 Å². The van der Waals surface area contributed by atoms with Crippen molar-refractivity contribution in [3.05, 3.63) is 58.5 Å². The van der Waals surface area contributed by atoms with E-state index in [1.807, 2.05) is 6.20 Å². The number of thiophene rings is 1. The molecule has 2 atom stereocenters. The van der Waals surface area contributed by atoms with Gasteiger partial charge < -0.3 is 0 Å². The van der Waals surface area contributed by atoms with Crippen LogP contribution in [0.3, 0.4) is 0 Å². The fraction of sp³-hybridized carbons (Fsp3) is 0.435. The minimum absolute atomic E-state index is 0.0275. The van der Waals surface area contributed by atoms with Gasteiger partial charge in [-0.3, -0.25) is 10.00 Å². The zero-order chi connectivity index (χ0) is 20.5. The SMILES string of the molecule is CC(C)(C)c1cc2ncc3c(n2n1)C[C@@H]1CC[C@@H]3N1Cc1cn[nH]c1-c1cccs1. The van der Waals surface area contributed by atoms with Crippen LogP contribution in [0.5, 0.6) is 0 Å². The lowest BCUT2D eigenvalue weighted by Crippen LogP contribution is -2.38. The lowest BCUT2D eigenvalue weighted by molar-refractivity contribution is 0.165. The first-order valence-corrected chi connectivity index (χ1v) is 11.6. The molecule has 0 radical (unpaired) electrons. The Morgan fingerprint density at radius 1 is 1.23 bits per heavy atom. The summed E-state index contributed by atoms with van der Waals surface area (Å²) in [5, 5.41) is 14.7. The molecule has 2 aliphatic heterocycles. The molecule has 2 aliphatic rings. The molecule has 2 bridgehead atoms. The first kappa shape index (κ1) is 18.3. The van der Waals surface area contributed by atoms with E-state index in [0.717, 1.165) is 30.0 Å². The van der Waals surface area contributed by atoms with Crippen LogP contribution in [0.25, 0.3) is 16.2 Å². The highest BCUT2D eigenvalue weighted by atomic mass is 32.1. The van der Waals surface area contributed by atoms with Gasteiger partial charge in [0.25, 0.3) is 0 Å². The zero-order valence-corrected chi connectivity index (χ0v) is 18.4. The van der Waals surface area contributed by atoms with Gasteiger partial charge in [0.05, 0.1) is 28.2 Å². The molecule has 6 nitrogen and oxygen atoms in total. The summed E-state index contributed by atoms with van der Waals surface area (Å²) < 4.78 is 2.12. The van der Waals surface area contributed by atoms with E-state index < -0.39 is 0 Å². The Bertz CT molecular complexity index is 1210. The monoisotopic (exact) mass is 418 g/mol. The molecule has 0 unspecified atom stereocenters. The highest BCUT2D eigenvalue weighted by Gasteiger charge is 2.41. The molecular formula is C23H26N6S. The van der Waals surface area contributed by atoms with E-state index in [1.54, 1.807) is 11.3 Å². The lowest BCUT2D eigenvalue weighted by Gasteiger charge is -2.36. The van der Waals surface area contributed by atoms with Gasteiger partial charge in [0, 0.05) is 53.9 Å². The van der Waals surface area contributed by atoms with Crippen LogP contribution in [0.15, 0.2) is 36.0 Å². The number of nitrogens with one attached hydrogen (secondary N) is 1. The highest BCUT2D eigenvalue weighted by molar-refractivity contribution is 7.13. The maximum Gasteiger partial charge on any atom is 0.155 e. The van der Waals surface area contributed by atoms with Crippen molar-refractivity contribution in [2.24, 2.45) is 0 Å². The maximum absolute atomic E-state index is 4.96. The van der Waals surface area contributed by atoms with E-state index in [2.05, 4.69) is 70.2 Å². The summed E-state index contributed by atoms with van der Waals surface area (Å²) in [6, 6.07) is 7.35. The summed E-state index contributed by atoms with van der Waals surface area (Å²) in [6.07, 6.45) is 7.54. The Kier molecular flexibility index (Phi) is 3.95. The van der Waals surface area contributed by atoms with Crippen LogP contribution < -0.4 is 0 Å². The summed E-state index contributed by atoms with van der Waals surface area (Å²) in [4.78, 5) is 8.70. The second-order valence-electron chi connectivity index (χ2n) is 9.58. The molecule has 4 aromatic rings. The molecule has 4 aromatic heterocycles. The molecule has 0 saturated carbocycles. The Morgan fingerprint density at radius 2 is 2.13 bits per heavy atom. The van der Waals surface area contributed by atoms with Crippen molar-refractivity contribution in [2.75, 3.05) is 0 Å². The van der Waals surface area contributed by atoms with Crippen molar-refractivity contribution in [1.29, 1.82) is 0 Å². The summed E-state index contributed by atoms with van der Waals surface area (Å²) in [7, 11) is 0. The smallest absolute Gasteiger partial charge is 0.155 e. The summed E-state index contributed by atoms with van der Waals surface area (Å²) in [6.45, 7) is 7.55. The predicted octanol–water partition coefficient (Wildman–Crippen LogP) is 4.74. The summed E-state index contributed by atoms with van der Waals surface area (Å²) >= 11 is 1.76. The molecule has 0 spiro atoms. The van der Waals surface area contributed by atoms with Crippen LogP contribution in [0.2, 0.25) is 0 Å². The molecule has 0 aromatic carbocycles. The lowest BCUT2D eigenvalue weighted by atomic mass is 9.93. The molecule has 1 saturated heterocycles. The van der Waals surface area contributed by atoms with Crippen molar-refractivity contribution in [2.45, 2.75) is 64.1 Å². The predicted molar refractivity (Wildman–Crippen MR) is 119 cm³/mol. The number of H-pyrrole nitrogens is 1. The molecular weight excluding hydrogens is 392 g/mol.